The summed E-state index contributed by atoms with van der Waals surface area (Å²) >= 11 is 0. The average molecular weight is 549 g/mol. The van der Waals surface area contributed by atoms with Crippen molar-refractivity contribution in [3.05, 3.63) is 41.5 Å². The molecule has 3 fully saturated rings. The molecule has 1 aromatic rings. The van der Waals surface area contributed by atoms with Gasteiger partial charge in [0, 0.05) is 6.42 Å². The van der Waals surface area contributed by atoms with Gasteiger partial charge in [-0.1, -0.05) is 78.2 Å². The number of ether oxygens (including phenoxy) is 2. The highest BCUT2D eigenvalue weighted by Gasteiger charge is 2.59. The minimum atomic E-state index is -0.251. The van der Waals surface area contributed by atoms with E-state index in [1.807, 2.05) is 18.2 Å². The minimum absolute atomic E-state index is 0.0309. The lowest BCUT2D eigenvalue weighted by molar-refractivity contribution is -0.0597. The van der Waals surface area contributed by atoms with Crippen LogP contribution in [0.2, 0.25) is 0 Å². The Labute approximate surface area is 244 Å². The van der Waals surface area contributed by atoms with Crippen molar-refractivity contribution in [3.8, 4) is 5.75 Å². The van der Waals surface area contributed by atoms with E-state index >= 15 is 0 Å². The molecule has 0 spiro atoms. The summed E-state index contributed by atoms with van der Waals surface area (Å²) in [5.41, 5.74) is 2.89. The van der Waals surface area contributed by atoms with Gasteiger partial charge in [-0.2, -0.15) is 0 Å². The van der Waals surface area contributed by atoms with Gasteiger partial charge in [0.05, 0.1) is 7.11 Å². The number of allylic oxidation sites excluding steroid dienone is 1. The predicted molar refractivity (Wildman–Crippen MR) is 164 cm³/mol. The van der Waals surface area contributed by atoms with Crippen LogP contribution in [-0.2, 0) is 4.74 Å². The molecule has 0 heterocycles. The number of rotatable bonds is 9. The van der Waals surface area contributed by atoms with Crippen LogP contribution in [-0.4, -0.2) is 19.2 Å². The molecule has 3 nitrogen and oxygen atoms in total. The lowest BCUT2D eigenvalue weighted by Crippen LogP contribution is -2.51. The van der Waals surface area contributed by atoms with Crippen molar-refractivity contribution in [1.82, 2.24) is 0 Å². The Balaban J connectivity index is 1.25. The zero-order chi connectivity index (χ0) is 28.7. The second-order valence-corrected chi connectivity index (χ2v) is 14.9. The summed E-state index contributed by atoms with van der Waals surface area (Å²) in [5.74, 6) is 6.27. The first kappa shape index (κ1) is 29.7. The number of hydrogen-bond acceptors (Lipinski definition) is 3. The van der Waals surface area contributed by atoms with Crippen LogP contribution in [0.15, 0.2) is 35.9 Å². The summed E-state index contributed by atoms with van der Waals surface area (Å²) < 4.78 is 11.5. The molecule has 0 radical (unpaired) electrons. The second kappa shape index (κ2) is 11.8. The SMILES string of the molecule is CC[C@H](CC[C@@H](C)[C@@H]1CC[C@H]2[C@@H]3CC=C4C[C@@H](OC(=O)c5ccccc5OC)CC[C@]4(C)[C@H]3CC[C@@]21C)C(C)C. The molecule has 40 heavy (non-hydrogen) atoms. The normalized spacial score (nSPS) is 36.6. The van der Waals surface area contributed by atoms with E-state index in [4.69, 9.17) is 9.47 Å². The highest BCUT2D eigenvalue weighted by atomic mass is 16.5. The largest absolute Gasteiger partial charge is 0.496 e. The Kier molecular flexibility index (Phi) is 8.80. The van der Waals surface area contributed by atoms with Crippen molar-refractivity contribution in [3.63, 3.8) is 0 Å². The zero-order valence-electron chi connectivity index (χ0n) is 26.5. The molecule has 222 valence electrons. The van der Waals surface area contributed by atoms with Crippen molar-refractivity contribution < 1.29 is 14.3 Å². The maximum Gasteiger partial charge on any atom is 0.342 e. The van der Waals surface area contributed by atoms with Gasteiger partial charge >= 0.3 is 5.97 Å². The number of carbonyl (C=O) groups excluding carboxylic acids is 1. The van der Waals surface area contributed by atoms with Crippen LogP contribution < -0.4 is 4.74 Å². The molecule has 4 aliphatic carbocycles. The zero-order valence-corrected chi connectivity index (χ0v) is 26.5. The molecule has 0 N–H and O–H groups in total. The lowest BCUT2D eigenvalue weighted by atomic mass is 9.47. The molecule has 3 saturated carbocycles. The molecule has 5 rings (SSSR count). The maximum absolute atomic E-state index is 13.0. The highest BCUT2D eigenvalue weighted by molar-refractivity contribution is 5.92. The van der Waals surface area contributed by atoms with Gasteiger partial charge in [0.15, 0.2) is 0 Å². The molecule has 4 aliphatic rings. The molecule has 1 aromatic carbocycles. The van der Waals surface area contributed by atoms with Crippen LogP contribution in [0.3, 0.4) is 0 Å². The van der Waals surface area contributed by atoms with E-state index in [2.05, 4.69) is 47.6 Å². The van der Waals surface area contributed by atoms with E-state index in [1.54, 1.807) is 18.7 Å². The van der Waals surface area contributed by atoms with E-state index < -0.39 is 0 Å². The van der Waals surface area contributed by atoms with Gasteiger partial charge in [0.2, 0.25) is 0 Å². The quantitative estimate of drug-likeness (QED) is 0.227. The predicted octanol–water partition coefficient (Wildman–Crippen LogP) is 9.90. The number of benzene rings is 1. The molecular formula is C37H56O3. The van der Waals surface area contributed by atoms with Gasteiger partial charge in [-0.05, 0) is 116 Å². The molecule has 0 aliphatic heterocycles. The molecule has 0 aromatic heterocycles. The van der Waals surface area contributed by atoms with Crippen molar-refractivity contribution in [2.75, 3.05) is 7.11 Å². The van der Waals surface area contributed by atoms with Crippen LogP contribution in [0.25, 0.3) is 0 Å². The van der Waals surface area contributed by atoms with Gasteiger partial charge in [0.25, 0.3) is 0 Å². The average Bonchev–Trinajstić information content (AvgIpc) is 3.30. The molecule has 3 heteroatoms. The van der Waals surface area contributed by atoms with E-state index in [1.165, 1.54) is 51.4 Å². The third-order valence-electron chi connectivity index (χ3n) is 12.9. The number of carbonyl (C=O) groups is 1. The van der Waals surface area contributed by atoms with Crippen molar-refractivity contribution in [2.45, 2.75) is 118 Å². The molecule has 9 atom stereocenters. The molecular weight excluding hydrogens is 492 g/mol. The molecule has 0 saturated heterocycles. The molecule has 0 amide bonds. The number of methoxy groups -OCH3 is 1. The Hall–Kier alpha value is -1.77. The third kappa shape index (κ3) is 5.29. The van der Waals surface area contributed by atoms with E-state index in [0.29, 0.717) is 16.7 Å². The van der Waals surface area contributed by atoms with Crippen LogP contribution in [0.4, 0.5) is 0 Å². The van der Waals surface area contributed by atoms with Crippen molar-refractivity contribution in [2.24, 2.45) is 52.3 Å². The van der Waals surface area contributed by atoms with E-state index in [0.717, 1.165) is 60.7 Å². The van der Waals surface area contributed by atoms with Gasteiger partial charge in [-0.3, -0.25) is 0 Å². The number of esters is 1. The monoisotopic (exact) mass is 548 g/mol. The molecule has 0 unspecified atom stereocenters. The summed E-state index contributed by atoms with van der Waals surface area (Å²) in [6.07, 6.45) is 16.6. The maximum atomic E-state index is 13.0. The first-order valence-corrected chi connectivity index (χ1v) is 16.7. The summed E-state index contributed by atoms with van der Waals surface area (Å²) in [6.45, 7) is 15.0. The number of fused-ring (bicyclic) bond motifs is 5. The van der Waals surface area contributed by atoms with Gasteiger partial charge in [-0.15, -0.1) is 0 Å². The smallest absolute Gasteiger partial charge is 0.342 e. The van der Waals surface area contributed by atoms with Gasteiger partial charge in [0.1, 0.15) is 17.4 Å². The summed E-state index contributed by atoms with van der Waals surface area (Å²) in [4.78, 5) is 13.0. The molecule has 0 bridgehead atoms. The first-order valence-electron chi connectivity index (χ1n) is 16.7. The van der Waals surface area contributed by atoms with E-state index in [9.17, 15) is 4.79 Å². The highest BCUT2D eigenvalue weighted by Crippen LogP contribution is 2.67. The van der Waals surface area contributed by atoms with Crippen LogP contribution in [0.5, 0.6) is 5.75 Å². The standard InChI is InChI=1S/C37H56O3/c1-8-26(24(2)3)14-13-25(4)31-17-18-32-29-16-15-27-23-28(40-35(38)30-11-9-10-12-34(30)39-7)19-21-36(27,5)33(29)20-22-37(31,32)6/h9-12,15,24-26,28-29,31-33H,8,13-14,16-23H2,1-7H3/t25-,26-,28+,29+,31+,32+,33+,36+,37-/m1/s1. The lowest BCUT2D eigenvalue weighted by Gasteiger charge is -2.58. The Morgan fingerprint density at radius 3 is 2.50 bits per heavy atom. The van der Waals surface area contributed by atoms with Gasteiger partial charge in [-0.25, -0.2) is 4.79 Å². The minimum Gasteiger partial charge on any atom is -0.496 e. The fourth-order valence-corrected chi connectivity index (χ4v) is 10.4. The number of para-hydroxylation sites is 1. The Morgan fingerprint density at radius 1 is 1.00 bits per heavy atom. The fraction of sp³-hybridized carbons (Fsp3) is 0.757. The van der Waals surface area contributed by atoms with Crippen LogP contribution in [0.1, 0.15) is 123 Å². The first-order chi connectivity index (χ1) is 19.1. The van der Waals surface area contributed by atoms with Crippen molar-refractivity contribution in [1.29, 1.82) is 0 Å². The van der Waals surface area contributed by atoms with E-state index in [-0.39, 0.29) is 17.5 Å². The van der Waals surface area contributed by atoms with Crippen LogP contribution >= 0.6 is 0 Å². The van der Waals surface area contributed by atoms with Crippen LogP contribution in [0, 0.1) is 52.3 Å². The second-order valence-electron chi connectivity index (χ2n) is 14.9. The summed E-state index contributed by atoms with van der Waals surface area (Å²) in [6, 6.07) is 7.40. The Morgan fingerprint density at radius 2 is 1.77 bits per heavy atom. The van der Waals surface area contributed by atoms with Gasteiger partial charge < -0.3 is 9.47 Å². The topological polar surface area (TPSA) is 35.5 Å². The third-order valence-corrected chi connectivity index (χ3v) is 12.9. The number of hydrogen-bond donors (Lipinski definition) is 0. The fourth-order valence-electron chi connectivity index (χ4n) is 10.4. The Bertz CT molecular complexity index is 1070. The van der Waals surface area contributed by atoms with Crippen molar-refractivity contribution >= 4 is 5.97 Å². The summed E-state index contributed by atoms with van der Waals surface area (Å²) in [7, 11) is 1.61. The summed E-state index contributed by atoms with van der Waals surface area (Å²) in [5, 5.41) is 0.